The van der Waals surface area contributed by atoms with Crippen molar-refractivity contribution in [3.63, 3.8) is 0 Å². The number of hydrogen-bond acceptors (Lipinski definition) is 5. The maximum atomic E-state index is 8.84. The molecule has 1 unspecified atom stereocenters. The first-order valence-corrected chi connectivity index (χ1v) is 4.54. The van der Waals surface area contributed by atoms with Crippen LogP contribution in [0.15, 0.2) is 12.4 Å². The van der Waals surface area contributed by atoms with Crippen LogP contribution < -0.4 is 4.74 Å². The highest BCUT2D eigenvalue weighted by molar-refractivity contribution is 5.08. The topological polar surface area (TPSA) is 64.5 Å². The second-order valence-corrected chi connectivity index (χ2v) is 3.11. The Kier molecular flexibility index (Phi) is 2.90. The Balaban J connectivity index is 2.00. The summed E-state index contributed by atoms with van der Waals surface area (Å²) >= 11 is 0. The summed E-state index contributed by atoms with van der Waals surface area (Å²) in [5.74, 6) is 0.451. The Hall–Kier alpha value is -1.20. The van der Waals surface area contributed by atoms with E-state index in [0.717, 1.165) is 13.0 Å². The molecule has 0 spiro atoms. The molecular formula is C9H12N2O3. The maximum absolute atomic E-state index is 8.84. The zero-order chi connectivity index (χ0) is 9.80. The van der Waals surface area contributed by atoms with Crippen LogP contribution in [-0.4, -0.2) is 34.4 Å². The fraction of sp³-hybridized carbons (Fsp3) is 0.556. The van der Waals surface area contributed by atoms with Gasteiger partial charge < -0.3 is 14.6 Å². The van der Waals surface area contributed by atoms with Crippen LogP contribution in [0.4, 0.5) is 0 Å². The second kappa shape index (κ2) is 4.34. The van der Waals surface area contributed by atoms with Crippen LogP contribution in [0, 0.1) is 0 Å². The van der Waals surface area contributed by atoms with E-state index in [-0.39, 0.29) is 12.7 Å². The average Bonchev–Trinajstić information content (AvgIpc) is 2.71. The van der Waals surface area contributed by atoms with Crippen molar-refractivity contribution in [3.8, 4) is 5.88 Å². The quantitative estimate of drug-likeness (QED) is 0.744. The molecule has 0 saturated carbocycles. The van der Waals surface area contributed by atoms with Crippen LogP contribution in [0.1, 0.15) is 12.1 Å². The van der Waals surface area contributed by atoms with Gasteiger partial charge in [0, 0.05) is 6.42 Å². The molecule has 0 amide bonds. The van der Waals surface area contributed by atoms with Gasteiger partial charge in [0.05, 0.1) is 37.9 Å². The Labute approximate surface area is 81.7 Å². The van der Waals surface area contributed by atoms with E-state index in [1.54, 1.807) is 0 Å². The fourth-order valence-electron chi connectivity index (χ4n) is 1.30. The summed E-state index contributed by atoms with van der Waals surface area (Å²) in [6.07, 6.45) is 4.00. The standard InChI is InChI=1S/C9H12N2O3/c12-5-7-3-10-4-9(11-7)14-8-1-2-13-6-8/h3-4,8,12H,1-2,5-6H2. The molecule has 0 aromatic carbocycles. The third kappa shape index (κ3) is 2.18. The van der Waals surface area contributed by atoms with E-state index < -0.39 is 0 Å². The molecule has 5 heteroatoms. The molecule has 0 bridgehead atoms. The molecule has 1 aliphatic rings. The van der Waals surface area contributed by atoms with Crippen LogP contribution in [0.2, 0.25) is 0 Å². The minimum Gasteiger partial charge on any atom is -0.471 e. The van der Waals surface area contributed by atoms with E-state index in [0.29, 0.717) is 18.2 Å². The molecule has 1 fully saturated rings. The highest BCUT2D eigenvalue weighted by Gasteiger charge is 2.17. The van der Waals surface area contributed by atoms with Gasteiger partial charge in [0.2, 0.25) is 5.88 Å². The van der Waals surface area contributed by atoms with Gasteiger partial charge in [-0.3, -0.25) is 4.98 Å². The zero-order valence-corrected chi connectivity index (χ0v) is 7.72. The lowest BCUT2D eigenvalue weighted by atomic mass is 10.3. The van der Waals surface area contributed by atoms with Crippen molar-refractivity contribution in [2.45, 2.75) is 19.1 Å². The van der Waals surface area contributed by atoms with Crippen LogP contribution >= 0.6 is 0 Å². The van der Waals surface area contributed by atoms with Gasteiger partial charge in [-0.2, -0.15) is 0 Å². The minimum atomic E-state index is -0.120. The highest BCUT2D eigenvalue weighted by atomic mass is 16.5. The lowest BCUT2D eigenvalue weighted by Gasteiger charge is -2.10. The molecule has 0 radical (unpaired) electrons. The van der Waals surface area contributed by atoms with E-state index in [9.17, 15) is 0 Å². The van der Waals surface area contributed by atoms with Crippen molar-refractivity contribution in [2.75, 3.05) is 13.2 Å². The lowest BCUT2D eigenvalue weighted by molar-refractivity contribution is 0.137. The molecule has 1 aliphatic heterocycles. The van der Waals surface area contributed by atoms with E-state index in [4.69, 9.17) is 14.6 Å². The van der Waals surface area contributed by atoms with Crippen LogP contribution in [0.25, 0.3) is 0 Å². The summed E-state index contributed by atoms with van der Waals surface area (Å²) in [5, 5.41) is 8.84. The lowest BCUT2D eigenvalue weighted by Crippen LogP contribution is -2.16. The summed E-state index contributed by atoms with van der Waals surface area (Å²) < 4.78 is 10.7. The van der Waals surface area contributed by atoms with Crippen molar-refractivity contribution in [2.24, 2.45) is 0 Å². The van der Waals surface area contributed by atoms with Crippen LogP contribution in [0.5, 0.6) is 5.88 Å². The van der Waals surface area contributed by atoms with Gasteiger partial charge >= 0.3 is 0 Å². The molecule has 1 saturated heterocycles. The Bertz CT molecular complexity index is 300. The van der Waals surface area contributed by atoms with Crippen molar-refractivity contribution in [3.05, 3.63) is 18.1 Å². The van der Waals surface area contributed by atoms with Crippen LogP contribution in [0.3, 0.4) is 0 Å². The van der Waals surface area contributed by atoms with E-state index in [2.05, 4.69) is 9.97 Å². The van der Waals surface area contributed by atoms with E-state index in [1.807, 2.05) is 0 Å². The normalized spacial score (nSPS) is 21.1. The molecule has 1 aromatic heterocycles. The molecular weight excluding hydrogens is 184 g/mol. The summed E-state index contributed by atoms with van der Waals surface area (Å²) in [4.78, 5) is 7.97. The first-order valence-electron chi connectivity index (χ1n) is 4.54. The van der Waals surface area contributed by atoms with Gasteiger partial charge in [0.1, 0.15) is 6.10 Å². The Morgan fingerprint density at radius 1 is 1.57 bits per heavy atom. The Morgan fingerprint density at radius 2 is 2.50 bits per heavy atom. The van der Waals surface area contributed by atoms with Gasteiger partial charge in [-0.25, -0.2) is 4.98 Å². The van der Waals surface area contributed by atoms with E-state index >= 15 is 0 Å². The molecule has 14 heavy (non-hydrogen) atoms. The number of aliphatic hydroxyl groups excluding tert-OH is 1. The smallest absolute Gasteiger partial charge is 0.232 e. The number of aliphatic hydroxyl groups is 1. The fourth-order valence-corrected chi connectivity index (χ4v) is 1.30. The predicted octanol–water partition coefficient (Wildman–Crippen LogP) is 0.137. The highest BCUT2D eigenvalue weighted by Crippen LogP contribution is 2.13. The number of ether oxygens (including phenoxy) is 2. The second-order valence-electron chi connectivity index (χ2n) is 3.11. The Morgan fingerprint density at radius 3 is 3.21 bits per heavy atom. The summed E-state index contributed by atoms with van der Waals surface area (Å²) in [5.41, 5.74) is 0.515. The SMILES string of the molecule is OCc1cncc(OC2CCOC2)n1. The van der Waals surface area contributed by atoms with Gasteiger partial charge in [-0.15, -0.1) is 0 Å². The van der Waals surface area contributed by atoms with Crippen molar-refractivity contribution >= 4 is 0 Å². The van der Waals surface area contributed by atoms with Gasteiger partial charge in [0.15, 0.2) is 0 Å². The van der Waals surface area contributed by atoms with Gasteiger partial charge in [-0.05, 0) is 0 Å². The molecule has 76 valence electrons. The first kappa shape index (κ1) is 9.36. The molecule has 5 nitrogen and oxygen atoms in total. The third-order valence-electron chi connectivity index (χ3n) is 2.00. The number of hydrogen-bond donors (Lipinski definition) is 1. The summed E-state index contributed by atoms with van der Waals surface area (Å²) in [6, 6.07) is 0. The molecule has 1 aromatic rings. The predicted molar refractivity (Wildman–Crippen MR) is 47.8 cm³/mol. The third-order valence-corrected chi connectivity index (χ3v) is 2.00. The maximum Gasteiger partial charge on any atom is 0.232 e. The largest absolute Gasteiger partial charge is 0.471 e. The molecule has 1 N–H and O–H groups in total. The summed E-state index contributed by atoms with van der Waals surface area (Å²) in [6.45, 7) is 1.22. The zero-order valence-electron chi connectivity index (χ0n) is 7.72. The van der Waals surface area contributed by atoms with Gasteiger partial charge in [0.25, 0.3) is 0 Å². The van der Waals surface area contributed by atoms with Gasteiger partial charge in [-0.1, -0.05) is 0 Å². The minimum absolute atomic E-state index is 0.0678. The average molecular weight is 196 g/mol. The molecule has 1 atom stereocenters. The molecule has 2 heterocycles. The number of rotatable bonds is 3. The summed E-state index contributed by atoms with van der Waals surface area (Å²) in [7, 11) is 0. The first-order chi connectivity index (χ1) is 6.88. The van der Waals surface area contributed by atoms with Crippen molar-refractivity contribution in [1.29, 1.82) is 0 Å². The molecule has 0 aliphatic carbocycles. The van der Waals surface area contributed by atoms with Crippen LogP contribution in [-0.2, 0) is 11.3 Å². The molecule has 2 rings (SSSR count). The number of aromatic nitrogens is 2. The van der Waals surface area contributed by atoms with E-state index in [1.165, 1.54) is 12.4 Å². The van der Waals surface area contributed by atoms with Crippen molar-refractivity contribution in [1.82, 2.24) is 9.97 Å². The van der Waals surface area contributed by atoms with Crippen molar-refractivity contribution < 1.29 is 14.6 Å². The monoisotopic (exact) mass is 196 g/mol. The number of nitrogens with zero attached hydrogens (tertiary/aromatic N) is 2.